The summed E-state index contributed by atoms with van der Waals surface area (Å²) >= 11 is 0. The van der Waals surface area contributed by atoms with E-state index in [1.54, 1.807) is 11.1 Å². The van der Waals surface area contributed by atoms with Gasteiger partial charge in [-0.1, -0.05) is 24.6 Å². The maximum atomic E-state index is 16.4. The standard InChI is InChI=1S/C55H65F2N11O5/c1-32(2)67-31-59-42-27-41(61-48(47(42)67)60-36-8-9-36)34-6-11-40-43(24-34)68(38-25-37(26-38)63-18-4-3-5-19-63)51(72)53(40)16-22-65(23-17-53)52(73)54-28-44(55(54,56)57)66(30-54)50(71)33-14-20-64(21-15-33)45-12-7-35(29-58-45)39-10-13-46(69)62-49(39)70/h6-7,11-12,24,27,29,31-33,36-39,44H,3-5,8-10,13-23,25-26,28,30H2,1-2H3,(H,60,61)(H,62,69,70). The molecule has 9 fully saturated rings. The molecule has 10 heterocycles. The highest BCUT2D eigenvalue weighted by atomic mass is 19.3. The van der Waals surface area contributed by atoms with Crippen LogP contribution in [0.1, 0.15) is 127 Å². The quantitative estimate of drug-likeness (QED) is 0.166. The van der Waals surface area contributed by atoms with Crippen LogP contribution in [0.15, 0.2) is 48.9 Å². The summed E-state index contributed by atoms with van der Waals surface area (Å²) in [6, 6.07) is 11.7. The second-order valence-electron chi connectivity index (χ2n) is 23.2. The van der Waals surface area contributed by atoms with Crippen molar-refractivity contribution in [2.45, 2.75) is 151 Å². The zero-order valence-corrected chi connectivity index (χ0v) is 41.8. The van der Waals surface area contributed by atoms with Crippen LogP contribution in [-0.4, -0.2) is 140 Å². The van der Waals surface area contributed by atoms with E-state index in [0.717, 1.165) is 83.7 Å². The van der Waals surface area contributed by atoms with Crippen molar-refractivity contribution >= 4 is 57.9 Å². The number of aromatic nitrogens is 4. The number of benzene rings is 1. The highest BCUT2D eigenvalue weighted by molar-refractivity contribution is 6.10. The van der Waals surface area contributed by atoms with Crippen molar-refractivity contribution < 1.29 is 32.8 Å². The third kappa shape index (κ3) is 7.40. The molecule has 7 aliphatic heterocycles. The van der Waals surface area contributed by atoms with Gasteiger partial charge < -0.3 is 34.4 Å². The van der Waals surface area contributed by atoms with Gasteiger partial charge in [0.15, 0.2) is 5.82 Å². The third-order valence-electron chi connectivity index (χ3n) is 18.7. The second-order valence-corrected chi connectivity index (χ2v) is 23.2. The number of imidazole rings is 1. The van der Waals surface area contributed by atoms with Crippen molar-refractivity contribution in [3.8, 4) is 11.3 Å². The molecule has 5 amide bonds. The molecule has 384 valence electrons. The highest BCUT2D eigenvalue weighted by Crippen LogP contribution is 2.64. The van der Waals surface area contributed by atoms with E-state index in [0.29, 0.717) is 63.1 Å². The first kappa shape index (κ1) is 46.7. The summed E-state index contributed by atoms with van der Waals surface area (Å²) < 4.78 is 35.0. The van der Waals surface area contributed by atoms with Gasteiger partial charge in [0.05, 0.1) is 34.9 Å². The molecule has 3 aliphatic carbocycles. The fourth-order valence-corrected chi connectivity index (χ4v) is 14.0. The molecular weight excluding hydrogens is 933 g/mol. The molecule has 0 radical (unpaired) electrons. The van der Waals surface area contributed by atoms with Gasteiger partial charge in [0.25, 0.3) is 5.92 Å². The Bertz CT molecular complexity index is 2910. The van der Waals surface area contributed by atoms with Crippen LogP contribution in [0, 0.1) is 11.3 Å². The van der Waals surface area contributed by atoms with Crippen LogP contribution in [0.4, 0.5) is 26.1 Å². The zero-order chi connectivity index (χ0) is 50.1. The van der Waals surface area contributed by atoms with Crippen LogP contribution in [0.3, 0.4) is 0 Å². The Morgan fingerprint density at radius 3 is 2.32 bits per heavy atom. The van der Waals surface area contributed by atoms with E-state index in [4.69, 9.17) is 9.97 Å². The summed E-state index contributed by atoms with van der Waals surface area (Å²) in [6.45, 7) is 7.52. The monoisotopic (exact) mass is 998 g/mol. The molecule has 3 saturated carbocycles. The van der Waals surface area contributed by atoms with Gasteiger partial charge in [0.2, 0.25) is 29.5 Å². The number of alkyl halides is 2. The number of imide groups is 1. The van der Waals surface area contributed by atoms with Crippen molar-refractivity contribution in [2.24, 2.45) is 11.3 Å². The Kier molecular flexibility index (Phi) is 11.1. The van der Waals surface area contributed by atoms with E-state index in [1.807, 2.05) is 24.5 Å². The number of carbonyl (C=O) groups excluding carboxylic acids is 5. The van der Waals surface area contributed by atoms with E-state index >= 15 is 13.6 Å². The summed E-state index contributed by atoms with van der Waals surface area (Å²) in [4.78, 5) is 92.2. The minimum atomic E-state index is -3.36. The highest BCUT2D eigenvalue weighted by Gasteiger charge is 2.81. The minimum Gasteiger partial charge on any atom is -0.366 e. The number of piperidine rings is 4. The Hall–Kier alpha value is -6.04. The molecule has 6 saturated heterocycles. The Morgan fingerprint density at radius 1 is 0.863 bits per heavy atom. The Morgan fingerprint density at radius 2 is 1.63 bits per heavy atom. The first-order chi connectivity index (χ1) is 35.2. The molecule has 3 aromatic heterocycles. The molecule has 3 atom stereocenters. The largest absolute Gasteiger partial charge is 0.366 e. The van der Waals surface area contributed by atoms with Crippen LogP contribution in [-0.2, 0) is 29.4 Å². The van der Waals surface area contributed by atoms with E-state index < -0.39 is 40.5 Å². The lowest BCUT2D eigenvalue weighted by Crippen LogP contribution is -2.66. The van der Waals surface area contributed by atoms with E-state index in [-0.39, 0.29) is 68.2 Å². The smallest absolute Gasteiger partial charge is 0.284 e. The molecule has 4 aromatic rings. The lowest BCUT2D eigenvalue weighted by Gasteiger charge is -2.49. The van der Waals surface area contributed by atoms with E-state index in [9.17, 15) is 19.2 Å². The number of hydrogen-bond acceptors (Lipinski definition) is 11. The molecule has 2 bridgehead atoms. The average molecular weight is 998 g/mol. The molecule has 14 rings (SSSR count). The van der Waals surface area contributed by atoms with Crippen LogP contribution in [0.2, 0.25) is 0 Å². The first-order valence-electron chi connectivity index (χ1n) is 27.1. The number of likely N-dealkylation sites (tertiary alicyclic amines) is 2. The molecule has 16 nitrogen and oxygen atoms in total. The van der Waals surface area contributed by atoms with Crippen LogP contribution >= 0.6 is 0 Å². The Balaban J connectivity index is 0.707. The van der Waals surface area contributed by atoms with Crippen LogP contribution in [0.25, 0.3) is 22.3 Å². The van der Waals surface area contributed by atoms with E-state index in [2.05, 4.69) is 66.9 Å². The fraction of sp³-hybridized carbons (Fsp3) is 0.600. The number of carbonyl (C=O) groups is 5. The van der Waals surface area contributed by atoms with Gasteiger partial charge in [-0.15, -0.1) is 0 Å². The number of pyridine rings is 2. The van der Waals surface area contributed by atoms with E-state index in [1.165, 1.54) is 24.2 Å². The van der Waals surface area contributed by atoms with Gasteiger partial charge in [-0.25, -0.2) is 23.7 Å². The van der Waals surface area contributed by atoms with Gasteiger partial charge in [-0.05, 0) is 133 Å². The van der Waals surface area contributed by atoms with Gasteiger partial charge in [-0.2, -0.15) is 0 Å². The fourth-order valence-electron chi connectivity index (χ4n) is 14.0. The lowest BCUT2D eigenvalue weighted by molar-refractivity contribution is -0.204. The van der Waals surface area contributed by atoms with Crippen molar-refractivity contribution in [1.82, 2.24) is 39.5 Å². The summed E-state index contributed by atoms with van der Waals surface area (Å²) in [5, 5.41) is 6.05. The van der Waals surface area contributed by atoms with Crippen molar-refractivity contribution in [3.05, 3.63) is 60.0 Å². The number of halogens is 2. The zero-order valence-electron chi connectivity index (χ0n) is 41.8. The molecule has 10 aliphatic rings. The number of hydrogen-bond donors (Lipinski definition) is 2. The number of rotatable bonds is 10. The summed E-state index contributed by atoms with van der Waals surface area (Å²) in [6.07, 6.45) is 13.4. The topological polar surface area (TPSA) is 169 Å². The minimum absolute atomic E-state index is 0.0329. The second kappa shape index (κ2) is 17.3. The van der Waals surface area contributed by atoms with Crippen molar-refractivity contribution in [2.75, 3.05) is 60.9 Å². The van der Waals surface area contributed by atoms with Crippen LogP contribution in [0.5, 0.6) is 0 Å². The number of nitrogens with zero attached hydrogens (tertiary/aromatic N) is 9. The summed E-state index contributed by atoms with van der Waals surface area (Å²) in [5.74, 6) is -4.23. The molecule has 1 aromatic carbocycles. The van der Waals surface area contributed by atoms with Gasteiger partial charge in [0.1, 0.15) is 16.7 Å². The van der Waals surface area contributed by atoms with Gasteiger partial charge in [-0.3, -0.25) is 29.3 Å². The number of anilines is 3. The van der Waals surface area contributed by atoms with Gasteiger partial charge in [0, 0.05) is 86.7 Å². The molecular formula is C55H65F2N11O5. The average Bonchev–Trinajstić information content (AvgIpc) is 3.75. The Labute approximate surface area is 423 Å². The molecule has 1 spiro atoms. The number of amides is 5. The normalized spacial score (nSPS) is 28.9. The van der Waals surface area contributed by atoms with Crippen molar-refractivity contribution in [3.63, 3.8) is 0 Å². The van der Waals surface area contributed by atoms with Crippen LogP contribution < -0.4 is 20.4 Å². The maximum absolute atomic E-state index is 16.4. The third-order valence-corrected chi connectivity index (χ3v) is 18.7. The number of fused-ring (bicyclic) bond motifs is 4. The summed E-state index contributed by atoms with van der Waals surface area (Å²) in [5.41, 5.74) is 3.20. The van der Waals surface area contributed by atoms with Crippen molar-refractivity contribution in [1.29, 1.82) is 0 Å². The molecule has 73 heavy (non-hydrogen) atoms. The predicted octanol–water partition coefficient (Wildman–Crippen LogP) is 6.55. The molecule has 18 heteroatoms. The first-order valence-corrected chi connectivity index (χ1v) is 27.1. The number of nitrogens with one attached hydrogen (secondary N) is 2. The lowest BCUT2D eigenvalue weighted by atomic mass is 9.64. The maximum Gasteiger partial charge on any atom is 0.284 e. The molecule has 2 N–H and O–H groups in total. The molecule has 3 unspecified atom stereocenters. The summed E-state index contributed by atoms with van der Waals surface area (Å²) in [7, 11) is 0. The predicted molar refractivity (Wildman–Crippen MR) is 269 cm³/mol. The SMILES string of the molecule is CC(C)n1cnc2cc(-c3ccc4c(c3)N(C3CC(N5CCCCC5)C3)C(=O)C43CCN(C(=O)C45CC(N(C(=O)C6CCN(c7ccc(C8CCC(=O)NC8=O)cn7)CC6)C4)C5(F)F)CC3)nc(NC3CC3)c21. The van der Waals surface area contributed by atoms with Gasteiger partial charge >= 0.3 is 0 Å².